The fourth-order valence-corrected chi connectivity index (χ4v) is 6.38. The summed E-state index contributed by atoms with van der Waals surface area (Å²) in [5.41, 5.74) is 17.2. The summed E-state index contributed by atoms with van der Waals surface area (Å²) in [6.45, 7) is 5.73. The molecule has 5 aromatic heterocycles. The summed E-state index contributed by atoms with van der Waals surface area (Å²) in [5, 5.41) is 36.8. The van der Waals surface area contributed by atoms with Gasteiger partial charge in [-0.05, 0) is 73.4 Å². The number of thiazole rings is 1. The van der Waals surface area contributed by atoms with Crippen LogP contribution in [0.25, 0.3) is 11.3 Å². The zero-order chi connectivity index (χ0) is 56.5. The summed E-state index contributed by atoms with van der Waals surface area (Å²) >= 11 is 27.0. The Kier molecular flexibility index (Phi) is 43.7. The number of hydrogen-bond donors (Lipinski definition) is 4. The van der Waals surface area contributed by atoms with Gasteiger partial charge < -0.3 is 38.6 Å². The second kappa shape index (κ2) is 43.6. The van der Waals surface area contributed by atoms with Crippen molar-refractivity contribution in [1.82, 2.24) is 31.1 Å². The third-order valence-electron chi connectivity index (χ3n) is 7.95. The fourth-order valence-electron chi connectivity index (χ4n) is 5.05. The molecule has 0 aliphatic carbocycles. The number of hydrogen-bond acceptors (Lipinski definition) is 21. The van der Waals surface area contributed by atoms with Gasteiger partial charge in [0, 0.05) is 84.4 Å². The van der Waals surface area contributed by atoms with Crippen LogP contribution in [-0.2, 0) is 22.3 Å². The van der Waals surface area contributed by atoms with E-state index in [9.17, 15) is 38.2 Å². The minimum absolute atomic E-state index is 0. The largest absolute Gasteiger partial charge is 1.00 e. The van der Waals surface area contributed by atoms with Crippen molar-refractivity contribution in [3.63, 3.8) is 0 Å². The molecule has 0 aliphatic heterocycles. The van der Waals surface area contributed by atoms with Crippen molar-refractivity contribution in [2.75, 3.05) is 16.4 Å². The topological polar surface area (TPSA) is 360 Å². The van der Waals surface area contributed by atoms with Gasteiger partial charge in [0.15, 0.2) is 14.7 Å². The van der Waals surface area contributed by atoms with Crippen molar-refractivity contribution in [2.45, 2.75) is 40.8 Å². The van der Waals surface area contributed by atoms with Crippen LogP contribution in [0.4, 0.5) is 46.7 Å². The Hall–Kier alpha value is -6.28. The number of Topliss-reactive ketones (excluding diaryl/α,β-unsaturated/α-hetero) is 1. The molecule has 0 unspecified atom stereocenters. The molecule has 2 aromatic carbocycles. The Labute approximate surface area is 512 Å². The van der Waals surface area contributed by atoms with Gasteiger partial charge >= 0.3 is 35.7 Å². The molecule has 0 spiro atoms. The minimum atomic E-state index is -4.48. The van der Waals surface area contributed by atoms with Crippen LogP contribution in [0, 0.1) is 41.0 Å². The standard InChI is InChI=1S/C15H9F3N4O2S.C8H6BrNO3.C8H10N2S.C7H6N2S.C6H8N2.CCl2S.CH2O3.CH4.H3N.Na.H2O/c16-15(17,18)10-5-11(7-19-6-10)20-14-21-13(8-25-14)9-2-1-3-12(4-9)22(23)24;9-5-8(11)6-2-1-3-7(4-6)10(12)13;1-6-2-7(3-8(9)11)5-10-4-6;1-6-2-7(9-5-10)4-8-3-6;1-5-2-6(7)4-8-3-5;2-1(3)4;2-1-4-3;;;;/h1-8H,(H,20,21);1-4H,5H2;2,4-5H,3H2,1H3,(H2,9,11);2-4H,1H3;2-4H,7H2,1H3;;1,3H;1H4;1H3;;1H2/q;;;;;;;;;+1;/p-1. The van der Waals surface area contributed by atoms with Gasteiger partial charge in [0.1, 0.15) is 0 Å². The van der Waals surface area contributed by atoms with Crippen molar-refractivity contribution in [1.29, 1.82) is 0 Å². The van der Waals surface area contributed by atoms with Crippen LogP contribution >= 0.6 is 87.1 Å². The number of halogens is 6. The molecule has 10 N–H and O–H groups in total. The van der Waals surface area contributed by atoms with E-state index in [1.165, 1.54) is 53.9 Å². The number of isothiocyanates is 1. The normalized spacial score (nSPS) is 9.09. The third-order valence-corrected chi connectivity index (χ3v) is 9.46. The van der Waals surface area contributed by atoms with Gasteiger partial charge in [0.05, 0.1) is 66.0 Å². The van der Waals surface area contributed by atoms with Gasteiger partial charge in [-0.2, -0.15) is 18.2 Å². The molecule has 7 aromatic rings. The van der Waals surface area contributed by atoms with E-state index < -0.39 is 21.6 Å². The SMILES string of the molecule is C.Cc1cncc(CC(N)=S)c1.Cc1cncc(N)c1.Cc1cncc(N=C=S)c1.N.O.O=C(CBr)c1cccc([N+](=O)[O-])c1.O=CO[O-].O=[N+]([O-])c1cccc(-c2csc(Nc3cncc(C(F)(F)F)c3)n2)c1.S=C(Cl)Cl.[Na+]. The van der Waals surface area contributed by atoms with Gasteiger partial charge in [0.2, 0.25) is 0 Å². The van der Waals surface area contributed by atoms with E-state index in [1.54, 1.807) is 48.5 Å². The van der Waals surface area contributed by atoms with Crippen LogP contribution in [0.3, 0.4) is 0 Å². The van der Waals surface area contributed by atoms with Gasteiger partial charge in [-0.1, -0.05) is 101 Å². The van der Waals surface area contributed by atoms with Crippen LogP contribution < -0.4 is 57.7 Å². The van der Waals surface area contributed by atoms with Crippen LogP contribution in [0.2, 0.25) is 0 Å². The molecule has 7 rings (SSSR count). The molecule has 5 heterocycles. The molecule has 79 heavy (non-hydrogen) atoms. The number of thiocarbonyl (C=S) groups is 3. The number of pyridine rings is 4. The average molecular weight is 1290 g/mol. The third kappa shape index (κ3) is 35.8. The molecule has 21 nitrogen and oxygen atoms in total. The van der Waals surface area contributed by atoms with Gasteiger partial charge in [-0.3, -0.25) is 49.8 Å². The number of carbonyl (C=O) groups is 2. The number of aryl methyl sites for hydroxylation is 3. The maximum Gasteiger partial charge on any atom is 1.00 e. The van der Waals surface area contributed by atoms with Crippen molar-refractivity contribution in [3.8, 4) is 11.3 Å². The molecule has 0 aliphatic rings. The average Bonchev–Trinajstić information content (AvgIpc) is 3.82. The summed E-state index contributed by atoms with van der Waals surface area (Å²) in [6.07, 6.45) is 8.56. The van der Waals surface area contributed by atoms with E-state index in [0.29, 0.717) is 33.4 Å². The molecular formula is C47H49BrCl2F3N12NaO9S4. The molecule has 0 atom stereocenters. The van der Waals surface area contributed by atoms with Crippen LogP contribution in [0.15, 0.2) is 133 Å². The minimum Gasteiger partial charge on any atom is -0.662 e. The first kappa shape index (κ1) is 79.2. The van der Waals surface area contributed by atoms with Crippen molar-refractivity contribution in [2.24, 2.45) is 10.7 Å². The summed E-state index contributed by atoms with van der Waals surface area (Å²) in [7, 11) is 0. The van der Waals surface area contributed by atoms with E-state index in [0.717, 1.165) is 45.9 Å². The summed E-state index contributed by atoms with van der Waals surface area (Å²) in [5.74, 6) is -0.163. The van der Waals surface area contributed by atoms with Crippen LogP contribution in [0.1, 0.15) is 45.6 Å². The van der Waals surface area contributed by atoms with E-state index in [4.69, 9.17) is 56.9 Å². The first-order chi connectivity index (χ1) is 35.4. The van der Waals surface area contributed by atoms with E-state index in [2.05, 4.69) is 85.6 Å². The second-order valence-electron chi connectivity index (χ2n) is 13.9. The molecule has 418 valence electrons. The number of nitrogen functional groups attached to an aromatic ring is 1. The van der Waals surface area contributed by atoms with Crippen molar-refractivity contribution >= 4 is 147 Å². The Balaban J connectivity index is -0.000000449. The van der Waals surface area contributed by atoms with Crippen molar-refractivity contribution < 1.29 is 77.8 Å². The summed E-state index contributed by atoms with van der Waals surface area (Å²) < 4.78 is 38.0. The Bertz CT molecular complexity index is 3050. The Morgan fingerprint density at radius 2 is 1.39 bits per heavy atom. The molecule has 0 amide bonds. The molecule has 0 saturated heterocycles. The number of anilines is 3. The van der Waals surface area contributed by atoms with Crippen LogP contribution in [-0.4, -0.2) is 71.8 Å². The molecular weight excluding hydrogens is 1240 g/mol. The van der Waals surface area contributed by atoms with E-state index in [1.807, 2.05) is 45.2 Å². The first-order valence-electron chi connectivity index (χ1n) is 20.2. The predicted octanol–water partition coefficient (Wildman–Crippen LogP) is 8.52. The predicted molar refractivity (Wildman–Crippen MR) is 311 cm³/mol. The number of rotatable bonds is 11. The summed E-state index contributed by atoms with van der Waals surface area (Å²) in [4.78, 5) is 66.4. The molecule has 0 radical (unpaired) electrons. The van der Waals surface area contributed by atoms with Gasteiger partial charge in [-0.15, -0.1) is 11.3 Å². The number of ketones is 1. The first-order valence-corrected chi connectivity index (χ1v) is 24.2. The molecule has 0 bridgehead atoms. The van der Waals surface area contributed by atoms with E-state index >= 15 is 0 Å². The number of nitrogens with one attached hydrogen (secondary N) is 1. The van der Waals surface area contributed by atoms with Crippen molar-refractivity contribution in [3.05, 3.63) is 181 Å². The van der Waals surface area contributed by atoms with Gasteiger partial charge in [0.25, 0.3) is 17.8 Å². The Morgan fingerprint density at radius 1 is 0.873 bits per heavy atom. The number of nitrogens with zero attached hydrogens (tertiary/aromatic N) is 8. The number of aliphatic imine (C=N–C) groups is 1. The number of nitro benzene ring substituents is 2. The van der Waals surface area contributed by atoms with Gasteiger partial charge in [-0.25, -0.2) is 4.98 Å². The molecule has 32 heteroatoms. The quantitative estimate of drug-likeness (QED) is 0.00900. The summed E-state index contributed by atoms with van der Waals surface area (Å²) in [6, 6.07) is 18.4. The van der Waals surface area contributed by atoms with Crippen LogP contribution in [0.5, 0.6) is 0 Å². The number of alkyl halides is 4. The zero-order valence-corrected chi connectivity index (χ0v) is 49.6. The smallest absolute Gasteiger partial charge is 0.662 e. The molecule has 0 fully saturated rings. The monoisotopic (exact) mass is 1280 g/mol. The second-order valence-corrected chi connectivity index (χ2v) is 17.9. The Morgan fingerprint density at radius 3 is 1.86 bits per heavy atom. The molecule has 0 saturated carbocycles. The number of benzene rings is 2. The number of carbonyl (C=O) groups excluding carboxylic acids is 2. The number of aromatic nitrogens is 5. The fraction of sp³-hybridized carbons (Fsp3) is 0.149. The maximum atomic E-state index is 12.7. The number of non-ortho nitro benzene ring substituents is 2. The van der Waals surface area contributed by atoms with E-state index in [-0.39, 0.29) is 87.0 Å². The number of nitrogens with two attached hydrogens (primary N) is 2. The number of nitro groups is 2. The zero-order valence-electron chi connectivity index (χ0n) is 41.2. The maximum absolute atomic E-state index is 12.7.